The first kappa shape index (κ1) is 15.9. The van der Waals surface area contributed by atoms with Crippen LogP contribution in [0.2, 0.25) is 10.0 Å². The topological polar surface area (TPSA) is 78.9 Å². The predicted octanol–water partition coefficient (Wildman–Crippen LogP) is 4.63. The number of aromatic nitrogens is 3. The Bertz CT molecular complexity index is 865. The minimum absolute atomic E-state index is 0.0974. The number of H-pyrrole nitrogens is 1. The maximum absolute atomic E-state index is 11.0. The van der Waals surface area contributed by atoms with Crippen LogP contribution < -0.4 is 0 Å². The average Bonchev–Trinajstić information content (AvgIpc) is 2.97. The van der Waals surface area contributed by atoms with E-state index in [4.69, 9.17) is 28.3 Å². The molecule has 0 radical (unpaired) electrons. The molecule has 0 amide bonds. The van der Waals surface area contributed by atoms with Gasteiger partial charge in [-0.15, -0.1) is 10.2 Å². The quantitative estimate of drug-likeness (QED) is 0.704. The third kappa shape index (κ3) is 3.50. The van der Waals surface area contributed by atoms with Crippen LogP contribution in [0.15, 0.2) is 52.4 Å². The maximum atomic E-state index is 11.0. The number of benzene rings is 2. The number of nitrogens with zero attached hydrogens (tertiary/aromatic N) is 2. The van der Waals surface area contributed by atoms with Gasteiger partial charge >= 0.3 is 5.97 Å². The van der Waals surface area contributed by atoms with Gasteiger partial charge in [0.1, 0.15) is 0 Å². The highest BCUT2D eigenvalue weighted by atomic mass is 35.5. The Kier molecular flexibility index (Phi) is 4.56. The summed E-state index contributed by atoms with van der Waals surface area (Å²) >= 11 is 13.3. The maximum Gasteiger partial charge on any atom is 0.359 e. The van der Waals surface area contributed by atoms with Crippen molar-refractivity contribution in [1.82, 2.24) is 15.4 Å². The fourth-order valence-electron chi connectivity index (χ4n) is 1.97. The number of hydrogen-bond acceptors (Lipinski definition) is 4. The normalized spacial score (nSPS) is 10.7. The Labute approximate surface area is 145 Å². The van der Waals surface area contributed by atoms with E-state index in [9.17, 15) is 4.79 Å². The molecular formula is C15H9Cl2N3O2S. The van der Waals surface area contributed by atoms with Crippen molar-refractivity contribution < 1.29 is 9.90 Å². The molecule has 5 nitrogen and oxygen atoms in total. The highest BCUT2D eigenvalue weighted by Gasteiger charge is 2.16. The second-order valence-electron chi connectivity index (χ2n) is 4.53. The van der Waals surface area contributed by atoms with Gasteiger partial charge < -0.3 is 5.11 Å². The molecular weight excluding hydrogens is 357 g/mol. The first-order valence-electron chi connectivity index (χ1n) is 6.42. The van der Waals surface area contributed by atoms with Gasteiger partial charge in [-0.1, -0.05) is 53.2 Å². The molecule has 0 unspecified atom stereocenters. The summed E-state index contributed by atoms with van der Waals surface area (Å²) in [6.07, 6.45) is 0. The molecule has 2 aromatic carbocycles. The van der Waals surface area contributed by atoms with E-state index in [-0.39, 0.29) is 5.69 Å². The molecule has 2 N–H and O–H groups in total. The van der Waals surface area contributed by atoms with Crippen molar-refractivity contribution in [2.75, 3.05) is 0 Å². The summed E-state index contributed by atoms with van der Waals surface area (Å²) in [6.45, 7) is 0. The largest absolute Gasteiger partial charge is 0.476 e. The van der Waals surface area contributed by atoms with Gasteiger partial charge in [0.2, 0.25) is 5.69 Å². The third-order valence-electron chi connectivity index (χ3n) is 3.03. The Hall–Kier alpha value is -2.02. The molecule has 0 aliphatic heterocycles. The van der Waals surface area contributed by atoms with Crippen LogP contribution in [0.1, 0.15) is 10.5 Å². The van der Waals surface area contributed by atoms with Gasteiger partial charge in [0.25, 0.3) is 0 Å². The summed E-state index contributed by atoms with van der Waals surface area (Å²) in [4.78, 5) is 11.9. The van der Waals surface area contributed by atoms with E-state index in [1.165, 1.54) is 11.8 Å². The van der Waals surface area contributed by atoms with Crippen molar-refractivity contribution in [3.63, 3.8) is 0 Å². The highest BCUT2D eigenvalue weighted by molar-refractivity contribution is 7.99. The van der Waals surface area contributed by atoms with Crippen molar-refractivity contribution in [2.24, 2.45) is 0 Å². The fourth-order valence-corrected chi connectivity index (χ4v) is 3.30. The highest BCUT2D eigenvalue weighted by Crippen LogP contribution is 2.33. The second-order valence-corrected chi connectivity index (χ2v) is 6.44. The first-order valence-corrected chi connectivity index (χ1v) is 7.99. The van der Waals surface area contributed by atoms with Crippen LogP contribution >= 0.6 is 35.0 Å². The minimum Gasteiger partial charge on any atom is -0.476 e. The molecule has 0 atom stereocenters. The van der Waals surface area contributed by atoms with Crippen molar-refractivity contribution in [3.05, 3.63) is 58.2 Å². The second kappa shape index (κ2) is 6.62. The smallest absolute Gasteiger partial charge is 0.359 e. The molecule has 116 valence electrons. The summed E-state index contributed by atoms with van der Waals surface area (Å²) in [5, 5.41) is 20.3. The zero-order valence-corrected chi connectivity index (χ0v) is 13.8. The molecule has 0 spiro atoms. The molecule has 0 aliphatic rings. The Balaban J connectivity index is 1.85. The number of aromatic amines is 1. The third-order valence-corrected chi connectivity index (χ3v) is 4.56. The lowest BCUT2D eigenvalue weighted by molar-refractivity contribution is 0.0686. The zero-order valence-electron chi connectivity index (χ0n) is 11.5. The SMILES string of the molecule is O=C(O)c1n[nH]nc1Sc1ccc(-c2ccc(Cl)cc2Cl)cc1. The van der Waals surface area contributed by atoms with Crippen LogP contribution in [-0.4, -0.2) is 26.5 Å². The number of carbonyl (C=O) groups is 1. The van der Waals surface area contributed by atoms with E-state index < -0.39 is 5.97 Å². The molecule has 3 rings (SSSR count). The summed E-state index contributed by atoms with van der Waals surface area (Å²) < 4.78 is 0. The molecule has 0 aliphatic carbocycles. The van der Waals surface area contributed by atoms with Crippen LogP contribution in [0.4, 0.5) is 0 Å². The van der Waals surface area contributed by atoms with Crippen LogP contribution in [0, 0.1) is 0 Å². The van der Waals surface area contributed by atoms with Crippen LogP contribution in [-0.2, 0) is 0 Å². The number of nitrogens with one attached hydrogen (secondary N) is 1. The first-order chi connectivity index (χ1) is 11.0. The number of carboxylic acids is 1. The summed E-state index contributed by atoms with van der Waals surface area (Å²) in [6, 6.07) is 12.9. The zero-order chi connectivity index (χ0) is 16.4. The monoisotopic (exact) mass is 365 g/mol. The van der Waals surface area contributed by atoms with Crippen LogP contribution in [0.25, 0.3) is 11.1 Å². The van der Waals surface area contributed by atoms with Gasteiger partial charge in [-0.05, 0) is 29.8 Å². The molecule has 3 aromatic rings. The van der Waals surface area contributed by atoms with Crippen molar-refractivity contribution >= 4 is 40.9 Å². The minimum atomic E-state index is -1.12. The van der Waals surface area contributed by atoms with Crippen molar-refractivity contribution in [1.29, 1.82) is 0 Å². The standard InChI is InChI=1S/C15H9Cl2N3O2S/c16-9-3-6-11(12(17)7-9)8-1-4-10(5-2-8)23-14-13(15(21)22)18-20-19-14/h1-7H,(H,21,22)(H,18,19,20). The fraction of sp³-hybridized carbons (Fsp3) is 0. The number of halogens is 2. The predicted molar refractivity (Wildman–Crippen MR) is 89.4 cm³/mol. The van der Waals surface area contributed by atoms with Gasteiger partial charge in [-0.2, -0.15) is 5.21 Å². The number of aromatic carboxylic acids is 1. The van der Waals surface area contributed by atoms with Crippen LogP contribution in [0.5, 0.6) is 0 Å². The molecule has 0 saturated heterocycles. The molecule has 0 bridgehead atoms. The van der Waals surface area contributed by atoms with Gasteiger partial charge in [0.15, 0.2) is 5.03 Å². The molecule has 8 heteroatoms. The van der Waals surface area contributed by atoms with E-state index in [1.54, 1.807) is 12.1 Å². The number of rotatable bonds is 4. The lowest BCUT2D eigenvalue weighted by atomic mass is 10.1. The molecule has 1 heterocycles. The molecule has 0 saturated carbocycles. The summed E-state index contributed by atoms with van der Waals surface area (Å²) in [7, 11) is 0. The van der Waals surface area contributed by atoms with Gasteiger partial charge in [-0.3, -0.25) is 0 Å². The van der Waals surface area contributed by atoms with Gasteiger partial charge in [-0.25, -0.2) is 4.79 Å². The number of hydrogen-bond donors (Lipinski definition) is 2. The Morgan fingerprint density at radius 3 is 2.48 bits per heavy atom. The van der Waals surface area contributed by atoms with E-state index in [0.29, 0.717) is 15.1 Å². The lowest BCUT2D eigenvalue weighted by Crippen LogP contribution is -1.98. The molecule has 23 heavy (non-hydrogen) atoms. The van der Waals surface area contributed by atoms with Gasteiger partial charge in [0.05, 0.1) is 0 Å². The molecule has 0 fully saturated rings. The van der Waals surface area contributed by atoms with E-state index in [1.807, 2.05) is 30.3 Å². The Morgan fingerprint density at radius 2 is 1.83 bits per heavy atom. The summed E-state index contributed by atoms with van der Waals surface area (Å²) in [5.41, 5.74) is 1.72. The van der Waals surface area contributed by atoms with E-state index in [2.05, 4.69) is 15.4 Å². The average molecular weight is 366 g/mol. The van der Waals surface area contributed by atoms with Crippen molar-refractivity contribution in [2.45, 2.75) is 9.92 Å². The van der Waals surface area contributed by atoms with Crippen LogP contribution in [0.3, 0.4) is 0 Å². The van der Waals surface area contributed by atoms with E-state index >= 15 is 0 Å². The lowest BCUT2D eigenvalue weighted by Gasteiger charge is -2.06. The molecule has 1 aromatic heterocycles. The Morgan fingerprint density at radius 1 is 1.09 bits per heavy atom. The summed E-state index contributed by atoms with van der Waals surface area (Å²) in [5.74, 6) is -1.12. The van der Waals surface area contributed by atoms with Crippen molar-refractivity contribution in [3.8, 4) is 11.1 Å². The van der Waals surface area contributed by atoms with E-state index in [0.717, 1.165) is 16.0 Å². The number of carboxylic acid groups (broad SMARTS) is 1. The van der Waals surface area contributed by atoms with Gasteiger partial charge in [0, 0.05) is 20.5 Å².